The summed E-state index contributed by atoms with van der Waals surface area (Å²) in [7, 11) is 0. The molecule has 0 saturated heterocycles. The zero-order chi connectivity index (χ0) is 10.7. The molecule has 0 aromatic heterocycles. The van der Waals surface area contributed by atoms with Gasteiger partial charge in [-0.25, -0.2) is 0 Å². The maximum Gasteiger partial charge on any atom is 0.0249 e. The molecule has 2 rings (SSSR count). The monoisotopic (exact) mass is 210 g/mol. The molecule has 0 aromatic rings. The fourth-order valence-corrected chi connectivity index (χ4v) is 3.26. The normalized spacial score (nSPS) is 25.8. The van der Waals surface area contributed by atoms with E-state index in [0.29, 0.717) is 6.04 Å². The van der Waals surface area contributed by atoms with E-state index in [4.69, 9.17) is 5.73 Å². The second kappa shape index (κ2) is 5.31. The third-order valence-corrected chi connectivity index (χ3v) is 4.24. The molecule has 0 aliphatic heterocycles. The van der Waals surface area contributed by atoms with Crippen LogP contribution >= 0.6 is 0 Å². The SMILES string of the molecule is CCN(C1CCCCC1)C(CN)C1CC1. The first kappa shape index (κ1) is 11.4. The molecular formula is C13H26N2. The second-order valence-electron chi connectivity index (χ2n) is 5.26. The summed E-state index contributed by atoms with van der Waals surface area (Å²) in [4.78, 5) is 2.72. The molecule has 2 aliphatic rings. The van der Waals surface area contributed by atoms with Gasteiger partial charge in [0.05, 0.1) is 0 Å². The van der Waals surface area contributed by atoms with E-state index in [-0.39, 0.29) is 0 Å². The fraction of sp³-hybridized carbons (Fsp3) is 1.00. The van der Waals surface area contributed by atoms with Crippen molar-refractivity contribution in [2.45, 2.75) is 64.0 Å². The number of rotatable bonds is 5. The lowest BCUT2D eigenvalue weighted by Gasteiger charge is -2.39. The van der Waals surface area contributed by atoms with Gasteiger partial charge in [-0.15, -0.1) is 0 Å². The number of hydrogen-bond acceptors (Lipinski definition) is 2. The second-order valence-corrected chi connectivity index (χ2v) is 5.26. The Bertz CT molecular complexity index is 183. The highest BCUT2D eigenvalue weighted by molar-refractivity contribution is 4.91. The molecule has 88 valence electrons. The van der Waals surface area contributed by atoms with Gasteiger partial charge in [0.1, 0.15) is 0 Å². The molecule has 2 heteroatoms. The van der Waals surface area contributed by atoms with Crippen molar-refractivity contribution in [2.75, 3.05) is 13.1 Å². The van der Waals surface area contributed by atoms with Crippen LogP contribution in [0.3, 0.4) is 0 Å². The molecule has 0 heterocycles. The minimum Gasteiger partial charge on any atom is -0.329 e. The third-order valence-electron chi connectivity index (χ3n) is 4.24. The van der Waals surface area contributed by atoms with E-state index in [2.05, 4.69) is 11.8 Å². The number of nitrogens with two attached hydrogens (primary N) is 1. The molecule has 15 heavy (non-hydrogen) atoms. The Morgan fingerprint density at radius 2 is 1.80 bits per heavy atom. The summed E-state index contributed by atoms with van der Waals surface area (Å²) in [5.41, 5.74) is 5.96. The van der Waals surface area contributed by atoms with Crippen LogP contribution < -0.4 is 5.73 Å². The highest BCUT2D eigenvalue weighted by Gasteiger charge is 2.36. The molecule has 2 aliphatic carbocycles. The summed E-state index contributed by atoms with van der Waals surface area (Å²) in [6.07, 6.45) is 9.99. The van der Waals surface area contributed by atoms with Crippen LogP contribution in [0.4, 0.5) is 0 Å². The molecule has 0 radical (unpaired) electrons. The van der Waals surface area contributed by atoms with Crippen LogP contribution in [0.5, 0.6) is 0 Å². The minimum absolute atomic E-state index is 0.693. The molecule has 2 fully saturated rings. The lowest BCUT2D eigenvalue weighted by atomic mass is 9.92. The van der Waals surface area contributed by atoms with Crippen LogP contribution in [0, 0.1) is 5.92 Å². The smallest absolute Gasteiger partial charge is 0.0249 e. The topological polar surface area (TPSA) is 29.3 Å². The van der Waals surface area contributed by atoms with Crippen LogP contribution in [0.15, 0.2) is 0 Å². The summed E-state index contributed by atoms with van der Waals surface area (Å²) in [5, 5.41) is 0. The van der Waals surface area contributed by atoms with E-state index >= 15 is 0 Å². The Labute approximate surface area is 94.2 Å². The number of nitrogens with zero attached hydrogens (tertiary/aromatic N) is 1. The first-order chi connectivity index (χ1) is 7.36. The predicted octanol–water partition coefficient (Wildman–Crippen LogP) is 2.38. The highest BCUT2D eigenvalue weighted by Crippen LogP contribution is 2.37. The van der Waals surface area contributed by atoms with Gasteiger partial charge in [0.15, 0.2) is 0 Å². The van der Waals surface area contributed by atoms with Crippen LogP contribution in [-0.4, -0.2) is 30.1 Å². The third kappa shape index (κ3) is 2.73. The van der Waals surface area contributed by atoms with Gasteiger partial charge < -0.3 is 5.73 Å². The maximum atomic E-state index is 5.96. The van der Waals surface area contributed by atoms with Crippen LogP contribution in [-0.2, 0) is 0 Å². The van der Waals surface area contributed by atoms with Crippen molar-refractivity contribution in [1.29, 1.82) is 0 Å². The zero-order valence-corrected chi connectivity index (χ0v) is 10.1. The lowest BCUT2D eigenvalue weighted by molar-refractivity contribution is 0.101. The van der Waals surface area contributed by atoms with E-state index in [9.17, 15) is 0 Å². The number of hydrogen-bond donors (Lipinski definition) is 1. The Morgan fingerprint density at radius 3 is 2.27 bits per heavy atom. The van der Waals surface area contributed by atoms with Crippen molar-refractivity contribution in [3.63, 3.8) is 0 Å². The zero-order valence-electron chi connectivity index (χ0n) is 10.1. The quantitative estimate of drug-likeness (QED) is 0.755. The van der Waals surface area contributed by atoms with Gasteiger partial charge in [-0.05, 0) is 38.1 Å². The summed E-state index contributed by atoms with van der Waals surface area (Å²) < 4.78 is 0. The summed E-state index contributed by atoms with van der Waals surface area (Å²) in [6.45, 7) is 4.37. The van der Waals surface area contributed by atoms with Crippen LogP contribution in [0.1, 0.15) is 51.9 Å². The van der Waals surface area contributed by atoms with Gasteiger partial charge in [0.25, 0.3) is 0 Å². The Kier molecular flexibility index (Phi) is 4.04. The minimum atomic E-state index is 0.693. The van der Waals surface area contributed by atoms with Gasteiger partial charge in [-0.1, -0.05) is 26.2 Å². The molecule has 0 spiro atoms. The molecule has 0 aromatic carbocycles. The molecule has 2 N–H and O–H groups in total. The van der Waals surface area contributed by atoms with E-state index in [0.717, 1.165) is 18.5 Å². The van der Waals surface area contributed by atoms with Crippen LogP contribution in [0.25, 0.3) is 0 Å². The van der Waals surface area contributed by atoms with Crippen molar-refractivity contribution in [2.24, 2.45) is 11.7 Å². The van der Waals surface area contributed by atoms with E-state index in [1.807, 2.05) is 0 Å². The van der Waals surface area contributed by atoms with Crippen molar-refractivity contribution < 1.29 is 0 Å². The Morgan fingerprint density at radius 1 is 1.13 bits per heavy atom. The van der Waals surface area contributed by atoms with Gasteiger partial charge in [-0.2, -0.15) is 0 Å². The molecule has 1 unspecified atom stereocenters. The van der Waals surface area contributed by atoms with E-state index < -0.39 is 0 Å². The maximum absolute atomic E-state index is 5.96. The summed E-state index contributed by atoms with van der Waals surface area (Å²) >= 11 is 0. The Hall–Kier alpha value is -0.0800. The molecule has 0 amide bonds. The molecule has 2 saturated carbocycles. The van der Waals surface area contributed by atoms with Gasteiger partial charge >= 0.3 is 0 Å². The van der Waals surface area contributed by atoms with Gasteiger partial charge in [-0.3, -0.25) is 4.90 Å². The van der Waals surface area contributed by atoms with E-state index in [1.54, 1.807) is 0 Å². The standard InChI is InChI=1S/C13H26N2/c1-2-15(12-6-4-3-5-7-12)13(10-14)11-8-9-11/h11-13H,2-10,14H2,1H3. The van der Waals surface area contributed by atoms with Crippen molar-refractivity contribution in [1.82, 2.24) is 4.90 Å². The van der Waals surface area contributed by atoms with E-state index in [1.165, 1.54) is 51.5 Å². The average molecular weight is 210 g/mol. The van der Waals surface area contributed by atoms with Gasteiger partial charge in [0.2, 0.25) is 0 Å². The van der Waals surface area contributed by atoms with Crippen molar-refractivity contribution in [3.8, 4) is 0 Å². The average Bonchev–Trinajstić information content (AvgIpc) is 3.11. The summed E-state index contributed by atoms with van der Waals surface area (Å²) in [6, 6.07) is 1.54. The first-order valence-corrected chi connectivity index (χ1v) is 6.82. The molecule has 0 bridgehead atoms. The number of likely N-dealkylation sites (N-methyl/N-ethyl adjacent to an activating group) is 1. The highest BCUT2D eigenvalue weighted by atomic mass is 15.2. The lowest BCUT2D eigenvalue weighted by Crippen LogP contribution is -2.48. The van der Waals surface area contributed by atoms with Gasteiger partial charge in [0, 0.05) is 18.6 Å². The van der Waals surface area contributed by atoms with Crippen molar-refractivity contribution >= 4 is 0 Å². The Balaban J connectivity index is 1.93. The fourth-order valence-electron chi connectivity index (χ4n) is 3.26. The largest absolute Gasteiger partial charge is 0.329 e. The van der Waals surface area contributed by atoms with Crippen molar-refractivity contribution in [3.05, 3.63) is 0 Å². The predicted molar refractivity (Wildman–Crippen MR) is 64.8 cm³/mol. The molecular weight excluding hydrogens is 184 g/mol. The first-order valence-electron chi connectivity index (χ1n) is 6.82. The van der Waals surface area contributed by atoms with Crippen LogP contribution in [0.2, 0.25) is 0 Å². The molecule has 1 atom stereocenters. The summed E-state index contributed by atoms with van der Waals surface area (Å²) in [5.74, 6) is 0.928. The molecule has 2 nitrogen and oxygen atoms in total.